The number of aromatic nitrogens is 2. The molecule has 158 valence electrons. The van der Waals surface area contributed by atoms with Gasteiger partial charge in [-0.25, -0.2) is 4.98 Å². The van der Waals surface area contributed by atoms with Crippen LogP contribution in [0.25, 0.3) is 0 Å². The first kappa shape index (κ1) is 21.6. The summed E-state index contributed by atoms with van der Waals surface area (Å²) in [4.78, 5) is 34.4. The molecule has 2 aromatic rings. The highest BCUT2D eigenvalue weighted by Crippen LogP contribution is 2.23. The van der Waals surface area contributed by atoms with Crippen LogP contribution >= 0.6 is 11.6 Å². The molecule has 1 aliphatic rings. The molecule has 0 aliphatic carbocycles. The molecule has 30 heavy (non-hydrogen) atoms. The van der Waals surface area contributed by atoms with Gasteiger partial charge in [0.15, 0.2) is 0 Å². The van der Waals surface area contributed by atoms with Crippen molar-refractivity contribution in [1.29, 1.82) is 0 Å². The van der Waals surface area contributed by atoms with E-state index in [9.17, 15) is 9.59 Å². The number of nitrogens with zero attached hydrogens (tertiary/aromatic N) is 3. The zero-order chi connectivity index (χ0) is 21.5. The lowest BCUT2D eigenvalue weighted by Gasteiger charge is -2.32. The van der Waals surface area contributed by atoms with E-state index in [0.29, 0.717) is 47.8 Å². The molecule has 2 N–H and O–H groups in total. The minimum Gasteiger partial charge on any atom is -0.477 e. The number of hydrogen-bond acceptors (Lipinski definition) is 6. The number of carbonyl (C=O) groups is 2. The second-order valence-electron chi connectivity index (χ2n) is 6.76. The van der Waals surface area contributed by atoms with Crippen molar-refractivity contribution in [1.82, 2.24) is 14.9 Å². The van der Waals surface area contributed by atoms with Crippen LogP contribution in [0.5, 0.6) is 5.88 Å². The van der Waals surface area contributed by atoms with E-state index in [0.717, 1.165) is 12.8 Å². The van der Waals surface area contributed by atoms with Crippen molar-refractivity contribution in [2.45, 2.75) is 25.8 Å². The third kappa shape index (κ3) is 5.48. The third-order valence-electron chi connectivity index (χ3n) is 4.69. The molecule has 1 aromatic carbocycles. The van der Waals surface area contributed by atoms with E-state index in [2.05, 4.69) is 27.2 Å². The van der Waals surface area contributed by atoms with Crippen molar-refractivity contribution in [3.05, 3.63) is 53.7 Å². The molecule has 1 aliphatic heterocycles. The Labute approximate surface area is 180 Å². The number of anilines is 2. The molecular weight excluding hydrogens is 406 g/mol. The number of halogens is 1. The van der Waals surface area contributed by atoms with Gasteiger partial charge in [-0.1, -0.05) is 18.2 Å². The van der Waals surface area contributed by atoms with Crippen LogP contribution < -0.4 is 15.4 Å². The minimum atomic E-state index is -0.290. The van der Waals surface area contributed by atoms with Crippen LogP contribution in [0.15, 0.2) is 43.1 Å². The number of hydrogen-bond donors (Lipinski definition) is 2. The highest BCUT2D eigenvalue weighted by molar-refractivity contribution is 6.31. The van der Waals surface area contributed by atoms with Crippen molar-refractivity contribution < 1.29 is 14.3 Å². The number of carbonyl (C=O) groups excluding carboxylic acids is 2. The molecule has 0 atom stereocenters. The summed E-state index contributed by atoms with van der Waals surface area (Å²) >= 11 is 6.02. The molecule has 0 radical (unpaired) electrons. The predicted molar refractivity (Wildman–Crippen MR) is 116 cm³/mol. The van der Waals surface area contributed by atoms with Crippen LogP contribution in [0.4, 0.5) is 11.6 Å². The van der Waals surface area contributed by atoms with Gasteiger partial charge < -0.3 is 20.3 Å². The maximum atomic E-state index is 12.8. The second-order valence-corrected chi connectivity index (χ2v) is 7.17. The van der Waals surface area contributed by atoms with Crippen LogP contribution in [0.3, 0.4) is 0 Å². The topological polar surface area (TPSA) is 96.5 Å². The van der Waals surface area contributed by atoms with Gasteiger partial charge in [-0.15, -0.1) is 0 Å². The van der Waals surface area contributed by atoms with Gasteiger partial charge >= 0.3 is 0 Å². The molecule has 3 rings (SSSR count). The van der Waals surface area contributed by atoms with Crippen molar-refractivity contribution in [2.24, 2.45) is 0 Å². The van der Waals surface area contributed by atoms with Crippen LogP contribution in [0, 0.1) is 0 Å². The summed E-state index contributed by atoms with van der Waals surface area (Å²) < 4.78 is 5.40. The SMILES string of the molecule is C=CC(=O)Nc1ccc(C(=O)N2CCC(Nc3ncc(Cl)c(OCC)n3)CC2)cc1. The van der Waals surface area contributed by atoms with Gasteiger partial charge in [-0.05, 0) is 50.1 Å². The van der Waals surface area contributed by atoms with Gasteiger partial charge in [0.1, 0.15) is 5.02 Å². The van der Waals surface area contributed by atoms with Crippen LogP contribution in [0.2, 0.25) is 5.02 Å². The Bertz CT molecular complexity index is 911. The molecule has 1 aromatic heterocycles. The maximum Gasteiger partial charge on any atom is 0.253 e. The first-order valence-electron chi connectivity index (χ1n) is 9.74. The summed E-state index contributed by atoms with van der Waals surface area (Å²) in [6.07, 6.45) is 4.26. The zero-order valence-electron chi connectivity index (χ0n) is 16.7. The Morgan fingerprint density at radius 2 is 2.00 bits per heavy atom. The molecule has 0 spiro atoms. The first-order valence-corrected chi connectivity index (χ1v) is 10.1. The Kier molecular flexibility index (Phi) is 7.24. The van der Waals surface area contributed by atoms with Crippen LogP contribution in [0.1, 0.15) is 30.1 Å². The van der Waals surface area contributed by atoms with Crippen molar-refractivity contribution >= 4 is 35.1 Å². The third-order valence-corrected chi connectivity index (χ3v) is 4.95. The van der Waals surface area contributed by atoms with E-state index in [1.807, 2.05) is 11.8 Å². The Balaban J connectivity index is 1.53. The number of amides is 2. The Morgan fingerprint density at radius 3 is 2.63 bits per heavy atom. The summed E-state index contributed by atoms with van der Waals surface area (Å²) in [5, 5.41) is 6.33. The van der Waals surface area contributed by atoms with Crippen molar-refractivity contribution in [3.63, 3.8) is 0 Å². The van der Waals surface area contributed by atoms with Crippen LogP contribution in [-0.4, -0.2) is 52.4 Å². The summed E-state index contributed by atoms with van der Waals surface area (Å²) in [7, 11) is 0. The molecule has 0 unspecified atom stereocenters. The van der Waals surface area contributed by atoms with E-state index in [1.54, 1.807) is 24.3 Å². The monoisotopic (exact) mass is 429 g/mol. The number of likely N-dealkylation sites (tertiary alicyclic amines) is 1. The Hall–Kier alpha value is -3.13. The predicted octanol–water partition coefficient (Wildman–Crippen LogP) is 3.37. The quantitative estimate of drug-likeness (QED) is 0.655. The number of nitrogens with one attached hydrogen (secondary N) is 2. The molecule has 9 heteroatoms. The molecule has 0 bridgehead atoms. The lowest BCUT2D eigenvalue weighted by molar-refractivity contribution is -0.111. The summed E-state index contributed by atoms with van der Waals surface area (Å²) in [5.74, 6) is 0.500. The van der Waals surface area contributed by atoms with E-state index in [1.165, 1.54) is 12.3 Å². The van der Waals surface area contributed by atoms with E-state index in [-0.39, 0.29) is 17.9 Å². The number of benzene rings is 1. The number of piperidine rings is 1. The normalized spacial score (nSPS) is 14.1. The first-order chi connectivity index (χ1) is 14.5. The minimum absolute atomic E-state index is 0.0311. The molecule has 0 saturated carbocycles. The standard InChI is InChI=1S/C21H24ClN5O3/c1-3-18(28)24-15-7-5-14(6-8-15)20(29)27-11-9-16(10-12-27)25-21-23-13-17(22)19(26-21)30-4-2/h3,5-8,13,16H,1,4,9-12H2,2H3,(H,24,28)(H,23,25,26). The molecular formula is C21H24ClN5O3. The maximum absolute atomic E-state index is 12.8. The molecule has 2 amide bonds. The van der Waals surface area contributed by atoms with Gasteiger partial charge in [0.2, 0.25) is 17.7 Å². The fraction of sp³-hybridized carbons (Fsp3) is 0.333. The largest absolute Gasteiger partial charge is 0.477 e. The lowest BCUT2D eigenvalue weighted by atomic mass is 10.0. The van der Waals surface area contributed by atoms with E-state index in [4.69, 9.17) is 16.3 Å². The fourth-order valence-electron chi connectivity index (χ4n) is 3.14. The van der Waals surface area contributed by atoms with Crippen LogP contribution in [-0.2, 0) is 4.79 Å². The van der Waals surface area contributed by atoms with Gasteiger partial charge in [0, 0.05) is 30.4 Å². The lowest BCUT2D eigenvalue weighted by Crippen LogP contribution is -2.42. The molecule has 1 fully saturated rings. The molecule has 1 saturated heterocycles. The highest BCUT2D eigenvalue weighted by atomic mass is 35.5. The summed E-state index contributed by atoms with van der Waals surface area (Å²) in [5.41, 5.74) is 1.20. The number of rotatable bonds is 7. The van der Waals surface area contributed by atoms with Gasteiger partial charge in [-0.2, -0.15) is 4.98 Å². The van der Waals surface area contributed by atoms with Gasteiger partial charge in [0.05, 0.1) is 12.8 Å². The Morgan fingerprint density at radius 1 is 1.30 bits per heavy atom. The average Bonchev–Trinajstić information content (AvgIpc) is 2.77. The van der Waals surface area contributed by atoms with E-state index < -0.39 is 0 Å². The van der Waals surface area contributed by atoms with Gasteiger partial charge in [0.25, 0.3) is 5.91 Å². The molecule has 8 nitrogen and oxygen atoms in total. The van der Waals surface area contributed by atoms with Crippen molar-refractivity contribution in [3.8, 4) is 5.88 Å². The average molecular weight is 430 g/mol. The number of ether oxygens (including phenoxy) is 1. The highest BCUT2D eigenvalue weighted by Gasteiger charge is 2.24. The van der Waals surface area contributed by atoms with Gasteiger partial charge in [-0.3, -0.25) is 9.59 Å². The smallest absolute Gasteiger partial charge is 0.253 e. The van der Waals surface area contributed by atoms with E-state index >= 15 is 0 Å². The zero-order valence-corrected chi connectivity index (χ0v) is 17.5. The fourth-order valence-corrected chi connectivity index (χ4v) is 3.29. The second kappa shape index (κ2) is 10.1. The molecule has 2 heterocycles. The van der Waals surface area contributed by atoms with Crippen molar-refractivity contribution in [2.75, 3.05) is 30.3 Å². The summed E-state index contributed by atoms with van der Waals surface area (Å²) in [6.45, 7) is 6.99. The summed E-state index contributed by atoms with van der Waals surface area (Å²) in [6, 6.07) is 6.99.